The molecule has 2 amide bonds. The summed E-state index contributed by atoms with van der Waals surface area (Å²) in [5.41, 5.74) is 0. The molecule has 110 valence electrons. The summed E-state index contributed by atoms with van der Waals surface area (Å²) in [5.74, 6) is 0.145. The first-order chi connectivity index (χ1) is 9.63. The standard InChI is InChI=1S/C10H14N4O6/c15-1-5-6(18)7(19)10(20-5)14-2-11-8(12-3-16)9(14)13-4-17/h2-7,10,15,18-19H,1H2,(H,12,16)(H,13,17)/t5-,6-,7-,10+/m0/s1. The van der Waals surface area contributed by atoms with Gasteiger partial charge in [0.05, 0.1) is 6.61 Å². The smallest absolute Gasteiger partial charge is 0.212 e. The number of hydrogen-bond donors (Lipinski definition) is 5. The maximum atomic E-state index is 10.6. The zero-order valence-electron chi connectivity index (χ0n) is 10.2. The molecule has 0 aliphatic carbocycles. The van der Waals surface area contributed by atoms with Crippen LogP contribution in [0.25, 0.3) is 0 Å². The van der Waals surface area contributed by atoms with Gasteiger partial charge in [-0.05, 0) is 0 Å². The monoisotopic (exact) mass is 286 g/mol. The number of aromatic nitrogens is 2. The number of aliphatic hydroxyl groups is 3. The second-order valence-corrected chi connectivity index (χ2v) is 4.10. The number of nitrogens with one attached hydrogen (secondary N) is 2. The maximum absolute atomic E-state index is 10.6. The van der Waals surface area contributed by atoms with E-state index in [2.05, 4.69) is 15.6 Å². The van der Waals surface area contributed by atoms with Gasteiger partial charge in [-0.3, -0.25) is 14.2 Å². The molecule has 1 saturated heterocycles. The average molecular weight is 286 g/mol. The predicted octanol–water partition coefficient (Wildman–Crippen LogP) is -2.37. The van der Waals surface area contributed by atoms with Gasteiger partial charge in [0.2, 0.25) is 12.8 Å². The third-order valence-electron chi connectivity index (χ3n) is 2.98. The van der Waals surface area contributed by atoms with E-state index in [1.165, 1.54) is 10.9 Å². The van der Waals surface area contributed by atoms with Gasteiger partial charge in [-0.2, -0.15) is 0 Å². The Hall–Kier alpha value is -2.01. The fraction of sp³-hybridized carbons (Fsp3) is 0.500. The summed E-state index contributed by atoms with van der Waals surface area (Å²) in [6.45, 7) is -0.473. The zero-order valence-corrected chi connectivity index (χ0v) is 10.2. The minimum Gasteiger partial charge on any atom is -0.394 e. The predicted molar refractivity (Wildman–Crippen MR) is 64.6 cm³/mol. The Kier molecular flexibility index (Phi) is 4.29. The fourth-order valence-electron chi connectivity index (χ4n) is 2.02. The van der Waals surface area contributed by atoms with Gasteiger partial charge in [-0.15, -0.1) is 0 Å². The molecule has 0 radical (unpaired) electrons. The van der Waals surface area contributed by atoms with Crippen molar-refractivity contribution in [3.05, 3.63) is 6.33 Å². The summed E-state index contributed by atoms with van der Waals surface area (Å²) in [7, 11) is 0. The molecule has 10 nitrogen and oxygen atoms in total. The largest absolute Gasteiger partial charge is 0.394 e. The minimum atomic E-state index is -1.32. The van der Waals surface area contributed by atoms with Crippen molar-refractivity contribution in [3.8, 4) is 0 Å². The minimum absolute atomic E-state index is 0.0600. The van der Waals surface area contributed by atoms with E-state index in [0.29, 0.717) is 12.8 Å². The fourth-order valence-corrected chi connectivity index (χ4v) is 2.02. The molecular formula is C10H14N4O6. The van der Waals surface area contributed by atoms with Crippen LogP contribution in [0, 0.1) is 0 Å². The first-order valence-electron chi connectivity index (χ1n) is 5.73. The molecule has 2 heterocycles. The van der Waals surface area contributed by atoms with Crippen LogP contribution in [0.4, 0.5) is 11.6 Å². The molecule has 0 saturated carbocycles. The van der Waals surface area contributed by atoms with Crippen LogP contribution in [0.1, 0.15) is 6.23 Å². The Morgan fingerprint density at radius 3 is 2.55 bits per heavy atom. The Morgan fingerprint density at radius 1 is 1.30 bits per heavy atom. The van der Waals surface area contributed by atoms with Gasteiger partial charge in [0, 0.05) is 0 Å². The molecule has 1 aromatic heterocycles. The van der Waals surface area contributed by atoms with Gasteiger partial charge in [0.25, 0.3) is 0 Å². The number of hydrogen-bond acceptors (Lipinski definition) is 7. The lowest BCUT2D eigenvalue weighted by Crippen LogP contribution is -2.33. The van der Waals surface area contributed by atoms with Gasteiger partial charge in [0.15, 0.2) is 17.9 Å². The van der Waals surface area contributed by atoms with Crippen molar-refractivity contribution in [2.75, 3.05) is 17.2 Å². The molecule has 1 aliphatic heterocycles. The van der Waals surface area contributed by atoms with E-state index in [0.717, 1.165) is 0 Å². The molecule has 0 unspecified atom stereocenters. The molecule has 10 heteroatoms. The van der Waals surface area contributed by atoms with Crippen molar-refractivity contribution in [2.45, 2.75) is 24.5 Å². The maximum Gasteiger partial charge on any atom is 0.212 e. The third-order valence-corrected chi connectivity index (χ3v) is 2.98. The van der Waals surface area contributed by atoms with Crippen LogP contribution in [0.3, 0.4) is 0 Å². The van der Waals surface area contributed by atoms with Crippen LogP contribution < -0.4 is 10.6 Å². The number of anilines is 2. The zero-order chi connectivity index (χ0) is 14.7. The molecule has 0 aromatic carbocycles. The molecule has 1 fully saturated rings. The molecule has 2 rings (SSSR count). The number of imidazole rings is 1. The van der Waals surface area contributed by atoms with E-state index >= 15 is 0 Å². The summed E-state index contributed by atoms with van der Waals surface area (Å²) >= 11 is 0. The van der Waals surface area contributed by atoms with Crippen LogP contribution in [0.15, 0.2) is 6.33 Å². The number of carbonyl (C=O) groups is 2. The van der Waals surface area contributed by atoms with E-state index in [4.69, 9.17) is 9.84 Å². The summed E-state index contributed by atoms with van der Waals surface area (Å²) in [5, 5.41) is 33.2. The summed E-state index contributed by atoms with van der Waals surface area (Å²) < 4.78 is 6.54. The number of carbonyl (C=O) groups excluding carboxylic acids is 2. The Balaban J connectivity index is 2.32. The van der Waals surface area contributed by atoms with E-state index in [1.54, 1.807) is 0 Å². The van der Waals surface area contributed by atoms with Crippen molar-refractivity contribution >= 4 is 24.5 Å². The number of aliphatic hydroxyl groups excluding tert-OH is 3. The van der Waals surface area contributed by atoms with Crippen molar-refractivity contribution in [1.82, 2.24) is 9.55 Å². The second kappa shape index (κ2) is 5.96. The molecule has 0 spiro atoms. The molecule has 5 N–H and O–H groups in total. The van der Waals surface area contributed by atoms with Crippen LogP contribution in [0.5, 0.6) is 0 Å². The van der Waals surface area contributed by atoms with Crippen molar-refractivity contribution in [2.24, 2.45) is 0 Å². The van der Waals surface area contributed by atoms with E-state index in [-0.39, 0.29) is 11.6 Å². The summed E-state index contributed by atoms with van der Waals surface area (Å²) in [4.78, 5) is 24.9. The average Bonchev–Trinajstić information content (AvgIpc) is 2.95. The quantitative estimate of drug-likeness (QED) is 0.367. The topological polar surface area (TPSA) is 146 Å². The molecule has 1 aliphatic rings. The van der Waals surface area contributed by atoms with E-state index < -0.39 is 31.1 Å². The van der Waals surface area contributed by atoms with Crippen molar-refractivity contribution < 1.29 is 29.6 Å². The van der Waals surface area contributed by atoms with Gasteiger partial charge in [-0.25, -0.2) is 4.98 Å². The Labute approximate surface area is 113 Å². The lowest BCUT2D eigenvalue weighted by Gasteiger charge is -2.18. The van der Waals surface area contributed by atoms with Crippen LogP contribution in [0.2, 0.25) is 0 Å². The highest BCUT2D eigenvalue weighted by Crippen LogP contribution is 2.33. The second-order valence-electron chi connectivity index (χ2n) is 4.10. The van der Waals surface area contributed by atoms with Crippen molar-refractivity contribution in [3.63, 3.8) is 0 Å². The lowest BCUT2D eigenvalue weighted by atomic mass is 10.1. The highest BCUT2D eigenvalue weighted by atomic mass is 16.6. The van der Waals surface area contributed by atoms with Gasteiger partial charge in [-0.1, -0.05) is 0 Å². The van der Waals surface area contributed by atoms with Crippen LogP contribution in [-0.4, -0.2) is 62.6 Å². The number of ether oxygens (including phenoxy) is 1. The number of nitrogens with zero attached hydrogens (tertiary/aromatic N) is 2. The number of rotatable bonds is 6. The molecule has 0 bridgehead atoms. The SMILES string of the molecule is O=CNc1ncn([C@@H]2O[C@@H](CO)[C@H](O)[C@@H]2O)c1NC=O. The highest BCUT2D eigenvalue weighted by Gasteiger charge is 2.44. The van der Waals surface area contributed by atoms with Crippen molar-refractivity contribution in [1.29, 1.82) is 0 Å². The molecule has 1 aromatic rings. The number of amides is 2. The normalized spacial score (nSPS) is 29.1. The van der Waals surface area contributed by atoms with Gasteiger partial charge in [0.1, 0.15) is 24.6 Å². The Morgan fingerprint density at radius 2 is 2.00 bits per heavy atom. The Bertz CT molecular complexity index is 492. The van der Waals surface area contributed by atoms with E-state index in [1.807, 2.05) is 0 Å². The van der Waals surface area contributed by atoms with Gasteiger partial charge < -0.3 is 30.7 Å². The summed E-state index contributed by atoms with van der Waals surface area (Å²) in [6, 6.07) is 0. The molecule has 20 heavy (non-hydrogen) atoms. The van der Waals surface area contributed by atoms with Gasteiger partial charge >= 0.3 is 0 Å². The third kappa shape index (κ3) is 2.36. The highest BCUT2D eigenvalue weighted by molar-refractivity contribution is 5.82. The van der Waals surface area contributed by atoms with E-state index in [9.17, 15) is 19.8 Å². The lowest BCUT2D eigenvalue weighted by molar-refractivity contribution is -0.106. The molecule has 4 atom stereocenters. The molecular weight excluding hydrogens is 272 g/mol. The first-order valence-corrected chi connectivity index (χ1v) is 5.73. The van der Waals surface area contributed by atoms with Crippen LogP contribution in [-0.2, 0) is 14.3 Å². The first kappa shape index (κ1) is 14.4. The van der Waals surface area contributed by atoms with Crippen LogP contribution >= 0.6 is 0 Å². The summed E-state index contributed by atoms with van der Waals surface area (Å²) in [6.07, 6.45) is -2.65.